The number of rotatable bonds is 2. The van der Waals surface area contributed by atoms with Crippen molar-refractivity contribution in [3.05, 3.63) is 23.2 Å². The second kappa shape index (κ2) is 10.7. The maximum atomic E-state index is 5.86. The molecule has 9 heteroatoms. The molecular formula is C16H24N4O3S2. The van der Waals surface area contributed by atoms with Crippen LogP contribution < -0.4 is 9.80 Å². The van der Waals surface area contributed by atoms with Crippen molar-refractivity contribution in [3.8, 4) is 0 Å². The number of aromatic nitrogens is 2. The highest BCUT2D eigenvalue weighted by Crippen LogP contribution is 2.18. The molecule has 0 spiro atoms. The van der Waals surface area contributed by atoms with E-state index in [4.69, 9.17) is 14.2 Å². The smallest absolute Gasteiger partial charge is 0.185 e. The van der Waals surface area contributed by atoms with E-state index < -0.39 is 0 Å². The Kier molecular flexibility index (Phi) is 7.91. The molecular weight excluding hydrogens is 360 g/mol. The molecule has 138 valence electrons. The quantitative estimate of drug-likeness (QED) is 0.785. The van der Waals surface area contributed by atoms with E-state index in [0.717, 1.165) is 36.4 Å². The van der Waals surface area contributed by atoms with E-state index in [9.17, 15) is 0 Å². The summed E-state index contributed by atoms with van der Waals surface area (Å²) in [6, 6.07) is 0. The van der Waals surface area contributed by atoms with Crippen molar-refractivity contribution in [1.29, 1.82) is 0 Å². The van der Waals surface area contributed by atoms with Gasteiger partial charge in [0.15, 0.2) is 10.3 Å². The van der Waals surface area contributed by atoms with Crippen LogP contribution in [0.1, 0.15) is 0 Å². The number of hydrogen-bond donors (Lipinski definition) is 0. The molecule has 0 N–H and O–H groups in total. The van der Waals surface area contributed by atoms with Gasteiger partial charge in [-0.25, -0.2) is 9.97 Å². The summed E-state index contributed by atoms with van der Waals surface area (Å²) in [4.78, 5) is 13.2. The van der Waals surface area contributed by atoms with Gasteiger partial charge in [0.25, 0.3) is 0 Å². The van der Waals surface area contributed by atoms with Crippen LogP contribution in [0.4, 0.5) is 10.3 Å². The van der Waals surface area contributed by atoms with Gasteiger partial charge in [0.2, 0.25) is 0 Å². The third kappa shape index (κ3) is 6.19. The molecule has 2 aromatic heterocycles. The molecule has 3 rings (SSSR count). The monoisotopic (exact) mass is 384 g/mol. The molecule has 3 heterocycles. The largest absolute Gasteiger partial charge is 0.378 e. The van der Waals surface area contributed by atoms with Gasteiger partial charge in [0.05, 0.1) is 39.6 Å². The second-order valence-electron chi connectivity index (χ2n) is 5.44. The van der Waals surface area contributed by atoms with Crippen LogP contribution in [0.2, 0.25) is 0 Å². The highest BCUT2D eigenvalue weighted by molar-refractivity contribution is 7.13. The Morgan fingerprint density at radius 1 is 0.640 bits per heavy atom. The predicted octanol–water partition coefficient (Wildman–Crippen LogP) is 1.98. The normalized spacial score (nSPS) is 19.4. The summed E-state index contributed by atoms with van der Waals surface area (Å²) >= 11 is 3.28. The van der Waals surface area contributed by atoms with Crippen molar-refractivity contribution in [3.63, 3.8) is 0 Å². The first-order valence-corrected chi connectivity index (χ1v) is 10.2. The molecule has 0 aliphatic carbocycles. The average molecular weight is 385 g/mol. The lowest BCUT2D eigenvalue weighted by atomic mass is 10.5. The van der Waals surface area contributed by atoms with Gasteiger partial charge in [-0.15, -0.1) is 22.7 Å². The van der Waals surface area contributed by atoms with Crippen molar-refractivity contribution < 1.29 is 14.2 Å². The number of nitrogens with zero attached hydrogens (tertiary/aromatic N) is 4. The average Bonchev–Trinajstić information content (AvgIpc) is 3.32. The molecule has 1 saturated heterocycles. The zero-order valence-electron chi connectivity index (χ0n) is 14.2. The number of anilines is 2. The molecule has 0 aromatic carbocycles. The van der Waals surface area contributed by atoms with Gasteiger partial charge in [0.1, 0.15) is 0 Å². The van der Waals surface area contributed by atoms with E-state index in [2.05, 4.69) is 19.8 Å². The SMILES string of the molecule is c1csc(N2CCOCCOCCN(c3nccs3)CCOCC2)n1. The Labute approximate surface area is 156 Å². The first-order valence-electron chi connectivity index (χ1n) is 8.45. The Morgan fingerprint density at radius 3 is 1.40 bits per heavy atom. The lowest BCUT2D eigenvalue weighted by molar-refractivity contribution is 0.0530. The molecule has 1 aliphatic rings. The van der Waals surface area contributed by atoms with E-state index in [0.29, 0.717) is 39.6 Å². The van der Waals surface area contributed by atoms with E-state index in [1.165, 1.54) is 0 Å². The zero-order valence-corrected chi connectivity index (χ0v) is 15.8. The van der Waals surface area contributed by atoms with Gasteiger partial charge in [-0.1, -0.05) is 0 Å². The molecule has 0 amide bonds. The van der Waals surface area contributed by atoms with Gasteiger partial charge < -0.3 is 24.0 Å². The lowest BCUT2D eigenvalue weighted by Crippen LogP contribution is -2.33. The molecule has 0 atom stereocenters. The lowest BCUT2D eigenvalue weighted by Gasteiger charge is -2.23. The van der Waals surface area contributed by atoms with Gasteiger partial charge >= 0.3 is 0 Å². The topological polar surface area (TPSA) is 60.0 Å². The minimum absolute atomic E-state index is 0.611. The third-order valence-corrected chi connectivity index (χ3v) is 5.44. The number of hydrogen-bond acceptors (Lipinski definition) is 9. The Morgan fingerprint density at radius 2 is 1.04 bits per heavy atom. The van der Waals surface area contributed by atoms with Crippen molar-refractivity contribution >= 4 is 32.9 Å². The predicted molar refractivity (Wildman–Crippen MR) is 101 cm³/mol. The molecule has 0 radical (unpaired) electrons. The highest BCUT2D eigenvalue weighted by atomic mass is 32.1. The first-order chi connectivity index (χ1) is 12.4. The van der Waals surface area contributed by atoms with E-state index in [1.807, 2.05) is 23.2 Å². The summed E-state index contributed by atoms with van der Waals surface area (Å²) < 4.78 is 17.2. The molecule has 1 aliphatic heterocycles. The van der Waals surface area contributed by atoms with Crippen LogP contribution in [0.25, 0.3) is 0 Å². The van der Waals surface area contributed by atoms with Gasteiger partial charge in [-0.3, -0.25) is 0 Å². The summed E-state index contributed by atoms with van der Waals surface area (Å²) in [6.45, 7) is 7.12. The van der Waals surface area contributed by atoms with Gasteiger partial charge in [-0.2, -0.15) is 0 Å². The maximum Gasteiger partial charge on any atom is 0.185 e. The molecule has 25 heavy (non-hydrogen) atoms. The van der Waals surface area contributed by atoms with Crippen LogP contribution in [0, 0.1) is 0 Å². The van der Waals surface area contributed by atoms with Crippen molar-refractivity contribution in [2.45, 2.75) is 0 Å². The van der Waals surface area contributed by atoms with Crippen LogP contribution in [0.5, 0.6) is 0 Å². The van der Waals surface area contributed by atoms with Crippen LogP contribution >= 0.6 is 22.7 Å². The zero-order chi connectivity index (χ0) is 17.2. The fourth-order valence-corrected chi connectivity index (χ4v) is 3.87. The van der Waals surface area contributed by atoms with Crippen LogP contribution in [-0.4, -0.2) is 75.8 Å². The molecule has 1 fully saturated rings. The van der Waals surface area contributed by atoms with E-state index in [-0.39, 0.29) is 0 Å². The van der Waals surface area contributed by atoms with Crippen LogP contribution in [0.3, 0.4) is 0 Å². The summed E-state index contributed by atoms with van der Waals surface area (Å²) in [6.07, 6.45) is 3.66. The standard InChI is InChI=1S/C16H24N4O3S2/c1-13-24-15(17-1)19-3-7-21-8-4-20(16-18-2-14-25-16)6-10-23-12-11-22-9-5-19/h1-2,13-14H,3-12H2. The van der Waals surface area contributed by atoms with Gasteiger partial charge in [-0.05, 0) is 0 Å². The first kappa shape index (κ1) is 18.5. The number of thiazole rings is 2. The fraction of sp³-hybridized carbons (Fsp3) is 0.625. The Bertz CT molecular complexity index is 518. The van der Waals surface area contributed by atoms with Crippen molar-refractivity contribution in [1.82, 2.24) is 9.97 Å². The van der Waals surface area contributed by atoms with Gasteiger partial charge in [0, 0.05) is 49.3 Å². The fourth-order valence-electron chi connectivity index (χ4n) is 2.47. The molecule has 2 aromatic rings. The van der Waals surface area contributed by atoms with Crippen molar-refractivity contribution in [2.75, 3.05) is 75.6 Å². The summed E-state index contributed by atoms with van der Waals surface area (Å²) in [5, 5.41) is 6.01. The molecule has 0 bridgehead atoms. The Balaban J connectivity index is 1.54. The highest BCUT2D eigenvalue weighted by Gasteiger charge is 2.12. The third-order valence-electron chi connectivity index (χ3n) is 3.77. The minimum Gasteiger partial charge on any atom is -0.378 e. The minimum atomic E-state index is 0.611. The molecule has 0 unspecified atom stereocenters. The van der Waals surface area contributed by atoms with E-state index >= 15 is 0 Å². The summed E-state index contributed by atoms with van der Waals surface area (Å²) in [7, 11) is 0. The second-order valence-corrected chi connectivity index (χ2v) is 7.19. The summed E-state index contributed by atoms with van der Waals surface area (Å²) in [5.74, 6) is 0. The van der Waals surface area contributed by atoms with Crippen LogP contribution in [-0.2, 0) is 14.2 Å². The molecule has 7 nitrogen and oxygen atoms in total. The van der Waals surface area contributed by atoms with E-state index in [1.54, 1.807) is 22.7 Å². The Hall–Kier alpha value is -1.26. The summed E-state index contributed by atoms with van der Waals surface area (Å²) in [5.41, 5.74) is 0. The maximum absolute atomic E-state index is 5.86. The molecule has 0 saturated carbocycles. The number of ether oxygens (including phenoxy) is 3. The van der Waals surface area contributed by atoms with Crippen LogP contribution in [0.15, 0.2) is 23.2 Å². The van der Waals surface area contributed by atoms with Crippen molar-refractivity contribution in [2.24, 2.45) is 0 Å².